The number of rotatable bonds is 5. The highest BCUT2D eigenvalue weighted by molar-refractivity contribution is 5.19. The minimum absolute atomic E-state index is 0.114. The summed E-state index contributed by atoms with van der Waals surface area (Å²) in [4.78, 5) is 0. The third-order valence-electron chi connectivity index (χ3n) is 2.94. The number of hydrogen-bond donors (Lipinski definition) is 1. The zero-order chi connectivity index (χ0) is 12.1. The summed E-state index contributed by atoms with van der Waals surface area (Å²) in [6.45, 7) is 6.09. The van der Waals surface area contributed by atoms with E-state index in [1.807, 2.05) is 19.9 Å². The summed E-state index contributed by atoms with van der Waals surface area (Å²) >= 11 is 0. The van der Waals surface area contributed by atoms with Crippen molar-refractivity contribution in [1.29, 1.82) is 0 Å². The molecule has 0 radical (unpaired) electrons. The van der Waals surface area contributed by atoms with Crippen LogP contribution in [0, 0.1) is 5.82 Å². The third-order valence-corrected chi connectivity index (χ3v) is 2.94. The van der Waals surface area contributed by atoms with E-state index in [4.69, 9.17) is 4.74 Å². The Morgan fingerprint density at radius 2 is 1.94 bits per heavy atom. The minimum atomic E-state index is -0.196. The second-order valence-corrected chi connectivity index (χ2v) is 4.17. The zero-order valence-corrected chi connectivity index (χ0v) is 10.3. The van der Waals surface area contributed by atoms with Crippen LogP contribution in [0.4, 0.5) is 4.39 Å². The van der Waals surface area contributed by atoms with Gasteiger partial charge in [0.25, 0.3) is 0 Å². The van der Waals surface area contributed by atoms with E-state index < -0.39 is 0 Å². The molecule has 0 fully saturated rings. The fraction of sp³-hybridized carbons (Fsp3) is 0.538. The van der Waals surface area contributed by atoms with Crippen molar-refractivity contribution in [3.05, 3.63) is 35.6 Å². The lowest BCUT2D eigenvalue weighted by Gasteiger charge is -2.24. The van der Waals surface area contributed by atoms with Gasteiger partial charge in [0, 0.05) is 19.2 Å². The molecule has 0 aromatic heterocycles. The standard InChI is InChI=1S/C13H20FNO/c1-9(11(3)16-4)15-10(2)12-6-5-7-13(14)8-12/h5-11,15H,1-4H3/t9?,10-,11?/m0/s1. The van der Waals surface area contributed by atoms with Crippen LogP contribution in [0.2, 0.25) is 0 Å². The second kappa shape index (κ2) is 5.97. The fourth-order valence-electron chi connectivity index (χ4n) is 1.61. The van der Waals surface area contributed by atoms with E-state index in [1.165, 1.54) is 6.07 Å². The van der Waals surface area contributed by atoms with Crippen molar-refractivity contribution in [3.8, 4) is 0 Å². The molecule has 1 aromatic carbocycles. The molecule has 0 aliphatic heterocycles. The number of hydrogen-bond acceptors (Lipinski definition) is 2. The van der Waals surface area contributed by atoms with Gasteiger partial charge in [-0.2, -0.15) is 0 Å². The predicted octanol–water partition coefficient (Wildman–Crippen LogP) is 2.90. The normalized spacial score (nSPS) is 16.8. The number of benzene rings is 1. The molecule has 0 amide bonds. The van der Waals surface area contributed by atoms with Gasteiger partial charge in [0.2, 0.25) is 0 Å². The molecular weight excluding hydrogens is 205 g/mol. The second-order valence-electron chi connectivity index (χ2n) is 4.17. The van der Waals surface area contributed by atoms with Crippen molar-refractivity contribution in [3.63, 3.8) is 0 Å². The van der Waals surface area contributed by atoms with E-state index in [-0.39, 0.29) is 24.0 Å². The van der Waals surface area contributed by atoms with Gasteiger partial charge in [-0.15, -0.1) is 0 Å². The molecule has 3 heteroatoms. The van der Waals surface area contributed by atoms with Crippen molar-refractivity contribution in [2.45, 2.75) is 39.0 Å². The van der Waals surface area contributed by atoms with Gasteiger partial charge in [-0.05, 0) is 38.5 Å². The number of halogens is 1. The summed E-state index contributed by atoms with van der Waals surface area (Å²) in [5.41, 5.74) is 0.954. The quantitative estimate of drug-likeness (QED) is 0.832. The molecule has 0 spiro atoms. The van der Waals surface area contributed by atoms with Gasteiger partial charge >= 0.3 is 0 Å². The SMILES string of the molecule is COC(C)C(C)N[C@@H](C)c1cccc(F)c1. The molecule has 0 aliphatic rings. The summed E-state index contributed by atoms with van der Waals surface area (Å²) < 4.78 is 18.3. The fourth-order valence-corrected chi connectivity index (χ4v) is 1.61. The molecule has 90 valence electrons. The molecule has 3 atom stereocenters. The average molecular weight is 225 g/mol. The Hall–Kier alpha value is -0.930. The highest BCUT2D eigenvalue weighted by Gasteiger charge is 2.14. The Balaban J connectivity index is 2.61. The first kappa shape index (κ1) is 13.1. The Labute approximate surface area is 96.8 Å². The molecule has 0 aliphatic carbocycles. The molecule has 0 heterocycles. The lowest BCUT2D eigenvalue weighted by atomic mass is 10.1. The lowest BCUT2D eigenvalue weighted by molar-refractivity contribution is 0.0852. The van der Waals surface area contributed by atoms with Gasteiger partial charge < -0.3 is 10.1 Å². The number of methoxy groups -OCH3 is 1. The van der Waals surface area contributed by atoms with Crippen LogP contribution in [0.3, 0.4) is 0 Å². The predicted molar refractivity (Wildman–Crippen MR) is 63.9 cm³/mol. The molecule has 16 heavy (non-hydrogen) atoms. The van der Waals surface area contributed by atoms with Crippen LogP contribution in [0.15, 0.2) is 24.3 Å². The van der Waals surface area contributed by atoms with E-state index in [2.05, 4.69) is 12.2 Å². The topological polar surface area (TPSA) is 21.3 Å². The van der Waals surface area contributed by atoms with Crippen molar-refractivity contribution in [1.82, 2.24) is 5.32 Å². The van der Waals surface area contributed by atoms with Crippen molar-refractivity contribution in [2.24, 2.45) is 0 Å². The van der Waals surface area contributed by atoms with Gasteiger partial charge in [0.05, 0.1) is 6.10 Å². The van der Waals surface area contributed by atoms with E-state index in [0.717, 1.165) is 5.56 Å². The van der Waals surface area contributed by atoms with Crippen LogP contribution >= 0.6 is 0 Å². The molecule has 1 aromatic rings. The molecule has 1 N–H and O–H groups in total. The van der Waals surface area contributed by atoms with Gasteiger partial charge in [0.1, 0.15) is 5.82 Å². The zero-order valence-electron chi connectivity index (χ0n) is 10.3. The smallest absolute Gasteiger partial charge is 0.123 e. The highest BCUT2D eigenvalue weighted by Crippen LogP contribution is 2.15. The van der Waals surface area contributed by atoms with Crippen LogP contribution < -0.4 is 5.32 Å². The average Bonchev–Trinajstić information content (AvgIpc) is 2.27. The van der Waals surface area contributed by atoms with E-state index in [1.54, 1.807) is 19.2 Å². The largest absolute Gasteiger partial charge is 0.380 e. The van der Waals surface area contributed by atoms with Gasteiger partial charge in [-0.1, -0.05) is 12.1 Å². The molecule has 2 nitrogen and oxygen atoms in total. The molecule has 1 rings (SSSR count). The Morgan fingerprint density at radius 3 is 2.50 bits per heavy atom. The first-order chi connectivity index (χ1) is 7.54. The summed E-state index contributed by atoms with van der Waals surface area (Å²) in [5, 5.41) is 3.38. The number of ether oxygens (including phenoxy) is 1. The Bertz CT molecular complexity index is 329. The van der Waals surface area contributed by atoms with Crippen LogP contribution in [0.25, 0.3) is 0 Å². The van der Waals surface area contributed by atoms with Gasteiger partial charge in [-0.25, -0.2) is 4.39 Å². The first-order valence-electron chi connectivity index (χ1n) is 5.59. The first-order valence-corrected chi connectivity index (χ1v) is 5.59. The van der Waals surface area contributed by atoms with Crippen LogP contribution in [-0.2, 0) is 4.74 Å². The molecule has 0 bridgehead atoms. The Morgan fingerprint density at radius 1 is 1.25 bits per heavy atom. The van der Waals surface area contributed by atoms with Crippen molar-refractivity contribution < 1.29 is 9.13 Å². The molecule has 0 saturated carbocycles. The van der Waals surface area contributed by atoms with Crippen molar-refractivity contribution in [2.75, 3.05) is 7.11 Å². The summed E-state index contributed by atoms with van der Waals surface area (Å²) in [7, 11) is 1.69. The summed E-state index contributed by atoms with van der Waals surface area (Å²) in [6.07, 6.45) is 0.135. The maximum atomic E-state index is 13.0. The van der Waals surface area contributed by atoms with Gasteiger partial charge in [0.15, 0.2) is 0 Å². The maximum Gasteiger partial charge on any atom is 0.123 e. The van der Waals surface area contributed by atoms with E-state index in [0.29, 0.717) is 0 Å². The van der Waals surface area contributed by atoms with E-state index in [9.17, 15) is 4.39 Å². The van der Waals surface area contributed by atoms with Crippen molar-refractivity contribution >= 4 is 0 Å². The maximum absolute atomic E-state index is 13.0. The minimum Gasteiger partial charge on any atom is -0.380 e. The van der Waals surface area contributed by atoms with Gasteiger partial charge in [-0.3, -0.25) is 0 Å². The van der Waals surface area contributed by atoms with E-state index >= 15 is 0 Å². The monoisotopic (exact) mass is 225 g/mol. The molecular formula is C13H20FNO. The Kier molecular flexibility index (Phi) is 4.90. The van der Waals surface area contributed by atoms with Crippen LogP contribution in [0.1, 0.15) is 32.4 Å². The lowest BCUT2D eigenvalue weighted by Crippen LogP contribution is -2.38. The number of nitrogens with one attached hydrogen (secondary N) is 1. The summed E-state index contributed by atoms with van der Waals surface area (Å²) in [6, 6.07) is 7.00. The molecule has 2 unspecified atom stereocenters. The highest BCUT2D eigenvalue weighted by atomic mass is 19.1. The van der Waals surface area contributed by atoms with Crippen LogP contribution in [-0.4, -0.2) is 19.3 Å². The molecule has 0 saturated heterocycles. The third kappa shape index (κ3) is 3.58. The summed E-state index contributed by atoms with van der Waals surface area (Å²) in [5.74, 6) is -0.196. The van der Waals surface area contributed by atoms with Crippen LogP contribution in [0.5, 0.6) is 0 Å².